The zero-order chi connectivity index (χ0) is 30.2. The number of benzene rings is 1. The second-order valence-corrected chi connectivity index (χ2v) is 9.06. The van der Waals surface area contributed by atoms with Gasteiger partial charge in [-0.25, -0.2) is 0 Å². The van der Waals surface area contributed by atoms with Gasteiger partial charge in [-0.1, -0.05) is 77.1 Å². The van der Waals surface area contributed by atoms with E-state index in [4.69, 9.17) is 0 Å². The number of carbonyl (C=O) groups is 1. The Balaban J connectivity index is 0.000000992. The number of aryl methyl sites for hydroxylation is 1. The second kappa shape index (κ2) is 18.2. The average Bonchev–Trinajstić information content (AvgIpc) is 2.91. The van der Waals surface area contributed by atoms with E-state index >= 15 is 0 Å². The van der Waals surface area contributed by atoms with Crippen molar-refractivity contribution in [1.82, 2.24) is 5.32 Å². The molecule has 39 heavy (non-hydrogen) atoms. The number of nitrogens with one attached hydrogen (secondary N) is 1. The minimum atomic E-state index is -4.60. The molecule has 0 radical (unpaired) electrons. The summed E-state index contributed by atoms with van der Waals surface area (Å²) in [6, 6.07) is 5.67. The van der Waals surface area contributed by atoms with E-state index in [1.54, 1.807) is 26.1 Å². The fourth-order valence-electron chi connectivity index (χ4n) is 3.16. The van der Waals surface area contributed by atoms with Gasteiger partial charge in [0.15, 0.2) is 0 Å². The van der Waals surface area contributed by atoms with E-state index in [0.29, 0.717) is 22.8 Å². The van der Waals surface area contributed by atoms with Gasteiger partial charge in [-0.15, -0.1) is 13.2 Å². The maximum absolute atomic E-state index is 11.6. The summed E-state index contributed by atoms with van der Waals surface area (Å²) in [5, 5.41) is 22.8. The topological polar surface area (TPSA) is 91.2 Å². The highest BCUT2D eigenvalue weighted by atomic mass is 19.4. The molecule has 0 saturated carbocycles. The van der Waals surface area contributed by atoms with Crippen LogP contribution < -0.4 is 10.1 Å². The van der Waals surface area contributed by atoms with Crippen LogP contribution in [0.2, 0.25) is 0 Å². The van der Waals surface area contributed by atoms with Gasteiger partial charge >= 0.3 is 6.36 Å². The number of ether oxygens (including phenoxy) is 1. The summed E-state index contributed by atoms with van der Waals surface area (Å²) in [4.78, 5) is 15.9. The van der Waals surface area contributed by atoms with Crippen molar-refractivity contribution in [3.63, 3.8) is 0 Å². The number of aliphatic hydroxyl groups is 2. The van der Waals surface area contributed by atoms with E-state index in [2.05, 4.69) is 55.9 Å². The number of alkyl halides is 3. The van der Waals surface area contributed by atoms with Crippen LogP contribution in [0.1, 0.15) is 46.1 Å². The molecule has 0 aliphatic carbocycles. The molecule has 3 N–H and O–H groups in total. The predicted molar refractivity (Wildman–Crippen MR) is 152 cm³/mol. The van der Waals surface area contributed by atoms with Crippen molar-refractivity contribution in [3.05, 3.63) is 77.9 Å². The molecule has 0 bridgehead atoms. The van der Waals surface area contributed by atoms with Crippen molar-refractivity contribution in [2.45, 2.75) is 59.9 Å². The second-order valence-electron chi connectivity index (χ2n) is 9.06. The Morgan fingerprint density at radius 1 is 1.18 bits per heavy atom. The van der Waals surface area contributed by atoms with Crippen LogP contribution in [0.5, 0.6) is 5.75 Å². The molecule has 6 nitrogen and oxygen atoms in total. The van der Waals surface area contributed by atoms with Crippen molar-refractivity contribution < 1.29 is 32.9 Å². The van der Waals surface area contributed by atoms with Crippen LogP contribution in [0.3, 0.4) is 0 Å². The minimum absolute atomic E-state index is 0.157. The monoisotopic (exact) mass is 552 g/mol. The van der Waals surface area contributed by atoms with Gasteiger partial charge in [-0.05, 0) is 54.5 Å². The molecule has 0 saturated heterocycles. The number of hydrogen-bond acceptors (Lipinski definition) is 5. The fraction of sp³-hybridized carbons (Fsp3) is 0.467. The van der Waals surface area contributed by atoms with Crippen LogP contribution in [0.15, 0.2) is 77.4 Å². The highest BCUT2D eigenvalue weighted by molar-refractivity contribution is 6.08. The number of amides is 1. The third-order valence-corrected chi connectivity index (χ3v) is 6.03. The Morgan fingerprint density at radius 2 is 1.77 bits per heavy atom. The van der Waals surface area contributed by atoms with E-state index in [0.717, 1.165) is 24.0 Å². The number of aliphatic hydroxyl groups excluding tert-OH is 2. The molecule has 1 aromatic rings. The largest absolute Gasteiger partial charge is 0.573 e. The molecular weight excluding hydrogens is 509 g/mol. The highest BCUT2D eigenvalue weighted by Gasteiger charge is 2.30. The molecule has 0 spiro atoms. The van der Waals surface area contributed by atoms with Crippen molar-refractivity contribution in [1.29, 1.82) is 0 Å². The van der Waals surface area contributed by atoms with Crippen LogP contribution in [0.25, 0.3) is 0 Å². The summed E-state index contributed by atoms with van der Waals surface area (Å²) in [6.07, 6.45) is 1.22. The van der Waals surface area contributed by atoms with E-state index in [9.17, 15) is 28.2 Å². The molecule has 0 aliphatic heterocycles. The molecule has 218 valence electrons. The molecule has 9 heteroatoms. The Hall–Kier alpha value is -3.17. The quantitative estimate of drug-likeness (QED) is 0.157. The van der Waals surface area contributed by atoms with Gasteiger partial charge in [0.25, 0.3) is 0 Å². The summed E-state index contributed by atoms with van der Waals surface area (Å²) in [7, 11) is 1.64. The van der Waals surface area contributed by atoms with E-state index in [1.165, 1.54) is 18.2 Å². The maximum atomic E-state index is 11.6. The summed E-state index contributed by atoms with van der Waals surface area (Å²) >= 11 is 0. The lowest BCUT2D eigenvalue weighted by molar-refractivity contribution is -0.274. The normalized spacial score (nSPS) is 14.9. The molecule has 3 atom stereocenters. The van der Waals surface area contributed by atoms with Gasteiger partial charge in [-0.3, -0.25) is 9.79 Å². The van der Waals surface area contributed by atoms with Crippen molar-refractivity contribution >= 4 is 11.6 Å². The number of nitrogens with zero attached hydrogens (tertiary/aromatic N) is 1. The number of halogens is 3. The summed E-state index contributed by atoms with van der Waals surface area (Å²) < 4.78 is 38.5. The molecule has 0 aromatic heterocycles. The van der Waals surface area contributed by atoms with Crippen molar-refractivity contribution in [2.75, 3.05) is 20.2 Å². The molecule has 0 aliphatic rings. The van der Waals surface area contributed by atoms with Crippen LogP contribution in [-0.4, -0.2) is 54.5 Å². The first kappa shape index (κ1) is 35.8. The van der Waals surface area contributed by atoms with E-state index in [1.807, 2.05) is 12.2 Å². The number of aliphatic imine (C=N–C) groups is 1. The van der Waals surface area contributed by atoms with Gasteiger partial charge < -0.3 is 20.3 Å². The summed E-state index contributed by atoms with van der Waals surface area (Å²) in [5.74, 6) is -0.00612. The number of carbonyl (C=O) groups excluding carboxylic acids is 1. The molecule has 1 rings (SSSR count). The number of hydrogen-bond donors (Lipinski definition) is 3. The Morgan fingerprint density at radius 3 is 2.21 bits per heavy atom. The van der Waals surface area contributed by atoms with Gasteiger partial charge in [0.05, 0.1) is 18.9 Å². The molecule has 0 fully saturated rings. The zero-order valence-electron chi connectivity index (χ0n) is 23.8. The van der Waals surface area contributed by atoms with E-state index < -0.39 is 19.1 Å². The third kappa shape index (κ3) is 14.0. The van der Waals surface area contributed by atoms with Crippen molar-refractivity contribution in [2.24, 2.45) is 16.8 Å². The summed E-state index contributed by atoms with van der Waals surface area (Å²) in [6.45, 7) is 17.5. The Labute approximate surface area is 230 Å². The zero-order valence-corrected chi connectivity index (χ0v) is 23.8. The van der Waals surface area contributed by atoms with E-state index in [-0.39, 0.29) is 24.1 Å². The lowest BCUT2D eigenvalue weighted by atomic mass is 9.85. The van der Waals surface area contributed by atoms with Gasteiger partial charge in [0.1, 0.15) is 11.9 Å². The van der Waals surface area contributed by atoms with Crippen LogP contribution in [0.4, 0.5) is 13.2 Å². The van der Waals surface area contributed by atoms with Crippen LogP contribution in [-0.2, 0) is 4.79 Å². The lowest BCUT2D eigenvalue weighted by Crippen LogP contribution is -2.31. The smallest absolute Gasteiger partial charge is 0.406 e. The lowest BCUT2D eigenvalue weighted by Gasteiger charge is -2.24. The van der Waals surface area contributed by atoms with Crippen molar-refractivity contribution in [3.8, 4) is 5.75 Å². The first-order chi connectivity index (χ1) is 18.2. The van der Waals surface area contributed by atoms with Gasteiger partial charge in [0, 0.05) is 12.6 Å². The fourth-order valence-corrected chi connectivity index (χ4v) is 3.16. The molecule has 1 amide bonds. The maximum Gasteiger partial charge on any atom is 0.573 e. The first-order valence-corrected chi connectivity index (χ1v) is 12.8. The summed E-state index contributed by atoms with van der Waals surface area (Å²) in [5.41, 5.74) is 3.58. The van der Waals surface area contributed by atoms with Crippen LogP contribution >= 0.6 is 0 Å². The molecule has 0 heterocycles. The Bertz CT molecular complexity index is 1010. The molecule has 3 unspecified atom stereocenters. The third-order valence-electron chi connectivity index (χ3n) is 6.03. The van der Waals surface area contributed by atoms with Gasteiger partial charge in [-0.2, -0.15) is 0 Å². The minimum Gasteiger partial charge on any atom is -0.406 e. The van der Waals surface area contributed by atoms with Gasteiger partial charge in [0.2, 0.25) is 5.91 Å². The SMILES string of the molecule is C=CC(=O)NCC(=NC)/C(C(=C)C(C)CC)=C(/C=C\C(C)CC)C(O)CO.Cc1ccc(OC(F)(F)F)cc1. The standard InChI is InChI=1S/C22H36N2O3.C8H7F3O/c1-8-15(4)11-12-18(20(26)14-25)22(17(6)16(5)9-2)19(23-7)13-24-21(27)10-3;1-6-2-4-7(5-3-6)12-8(9,10)11/h10-12,15-16,20,25-26H,3,6,8-9,13-14H2,1-2,4-5,7H3,(H,24,27);2-5H,1H3/b12-11-,22-18-,23-19?;. The molecule has 1 aromatic carbocycles. The highest BCUT2D eigenvalue weighted by Crippen LogP contribution is 2.28. The Kier molecular flexibility index (Phi) is 16.7. The first-order valence-electron chi connectivity index (χ1n) is 12.8. The van der Waals surface area contributed by atoms with Crippen LogP contribution in [0, 0.1) is 18.8 Å². The number of allylic oxidation sites excluding steroid dienone is 2. The molecular formula is C30H43F3N2O4. The predicted octanol–water partition coefficient (Wildman–Crippen LogP) is 6.11. The average molecular weight is 553 g/mol. The number of rotatable bonds is 13.